The Hall–Kier alpha value is -3.40. The highest BCUT2D eigenvalue weighted by atomic mass is 19.2. The maximum Gasteiger partial charge on any atom is 0.179 e. The number of nitrogens with two attached hydrogens (primary N) is 1. The molecule has 1 atom stereocenters. The van der Waals surface area contributed by atoms with E-state index in [4.69, 9.17) is 11.0 Å². The first-order valence-corrected chi connectivity index (χ1v) is 9.56. The molecule has 7 heteroatoms. The van der Waals surface area contributed by atoms with E-state index < -0.39 is 11.6 Å². The van der Waals surface area contributed by atoms with Crippen LogP contribution in [0.15, 0.2) is 48.5 Å². The Bertz CT molecular complexity index is 1050. The van der Waals surface area contributed by atoms with Gasteiger partial charge in [-0.3, -0.25) is 0 Å². The average Bonchev–Trinajstić information content (AvgIpc) is 3.13. The standard InChI is InChI=1S/C22H21F2N5/c23-19-8-5-16(11-20(19)24)10-15-3-6-17(7-4-15)21-12-22(26)29(27-21)18-2-1-9-28(13-18)14-25/h3-8,11-12,18H,1-2,9-10,13,26H2/t18-/m0/s1. The first-order chi connectivity index (χ1) is 14.0. The number of benzene rings is 2. The predicted octanol–water partition coefficient (Wildman–Crippen LogP) is 4.12. The zero-order valence-corrected chi connectivity index (χ0v) is 15.9. The summed E-state index contributed by atoms with van der Waals surface area (Å²) < 4.78 is 28.3. The van der Waals surface area contributed by atoms with Gasteiger partial charge in [0.2, 0.25) is 0 Å². The molecule has 4 rings (SSSR count). The van der Waals surface area contributed by atoms with E-state index in [1.165, 1.54) is 6.07 Å². The number of likely N-dealkylation sites (tertiary alicyclic amines) is 1. The quantitative estimate of drug-likeness (QED) is 0.677. The number of hydrogen-bond acceptors (Lipinski definition) is 4. The second-order valence-electron chi connectivity index (χ2n) is 7.36. The lowest BCUT2D eigenvalue weighted by molar-refractivity contribution is 0.235. The first-order valence-electron chi connectivity index (χ1n) is 9.56. The lowest BCUT2D eigenvalue weighted by Crippen LogP contribution is -2.34. The van der Waals surface area contributed by atoms with Crippen molar-refractivity contribution in [2.24, 2.45) is 0 Å². The van der Waals surface area contributed by atoms with Crippen LogP contribution < -0.4 is 5.73 Å². The van der Waals surface area contributed by atoms with Crippen molar-refractivity contribution in [3.05, 3.63) is 71.3 Å². The molecule has 1 fully saturated rings. The monoisotopic (exact) mass is 393 g/mol. The van der Waals surface area contributed by atoms with Crippen LogP contribution in [0.2, 0.25) is 0 Å². The van der Waals surface area contributed by atoms with Gasteiger partial charge in [-0.15, -0.1) is 0 Å². The average molecular weight is 393 g/mol. The van der Waals surface area contributed by atoms with E-state index in [2.05, 4.69) is 11.3 Å². The number of anilines is 1. The van der Waals surface area contributed by atoms with Crippen LogP contribution in [0, 0.1) is 23.1 Å². The number of rotatable bonds is 4. The summed E-state index contributed by atoms with van der Waals surface area (Å²) in [4.78, 5) is 1.74. The third kappa shape index (κ3) is 4.06. The lowest BCUT2D eigenvalue weighted by atomic mass is 10.0. The van der Waals surface area contributed by atoms with Gasteiger partial charge in [0.25, 0.3) is 0 Å². The van der Waals surface area contributed by atoms with Gasteiger partial charge >= 0.3 is 0 Å². The normalized spacial score (nSPS) is 16.6. The van der Waals surface area contributed by atoms with Gasteiger partial charge in [-0.25, -0.2) is 13.5 Å². The number of piperidine rings is 1. The molecule has 148 valence electrons. The summed E-state index contributed by atoms with van der Waals surface area (Å²) in [5, 5.41) is 13.8. The molecule has 0 unspecified atom stereocenters. The van der Waals surface area contributed by atoms with Gasteiger partial charge in [-0.05, 0) is 42.5 Å². The van der Waals surface area contributed by atoms with Crippen molar-refractivity contribution >= 4 is 5.82 Å². The van der Waals surface area contributed by atoms with Gasteiger partial charge in [0.15, 0.2) is 17.8 Å². The highest BCUT2D eigenvalue weighted by Gasteiger charge is 2.23. The fourth-order valence-corrected chi connectivity index (χ4v) is 3.77. The van der Waals surface area contributed by atoms with E-state index in [9.17, 15) is 8.78 Å². The fraction of sp³-hybridized carbons (Fsp3) is 0.273. The Morgan fingerprint density at radius 2 is 1.83 bits per heavy atom. The van der Waals surface area contributed by atoms with Gasteiger partial charge in [-0.1, -0.05) is 30.3 Å². The first kappa shape index (κ1) is 18.9. The molecule has 2 heterocycles. The van der Waals surface area contributed by atoms with Crippen molar-refractivity contribution in [1.82, 2.24) is 14.7 Å². The zero-order chi connectivity index (χ0) is 20.4. The number of hydrogen-bond donors (Lipinski definition) is 1. The van der Waals surface area contributed by atoms with Crippen LogP contribution in [-0.2, 0) is 6.42 Å². The molecule has 2 N–H and O–H groups in total. The topological polar surface area (TPSA) is 70.9 Å². The molecule has 1 saturated heterocycles. The number of halogens is 2. The lowest BCUT2D eigenvalue weighted by Gasteiger charge is -2.29. The van der Waals surface area contributed by atoms with Crippen LogP contribution in [-0.4, -0.2) is 27.8 Å². The van der Waals surface area contributed by atoms with Crippen LogP contribution in [0.1, 0.15) is 30.0 Å². The molecule has 1 aliphatic rings. The van der Waals surface area contributed by atoms with Crippen LogP contribution in [0.5, 0.6) is 0 Å². The maximum atomic E-state index is 13.4. The number of nitrogen functional groups attached to an aromatic ring is 1. The second kappa shape index (κ2) is 7.92. The number of nitriles is 1. The van der Waals surface area contributed by atoms with Gasteiger partial charge in [0, 0.05) is 18.2 Å². The molecule has 3 aromatic rings. The van der Waals surface area contributed by atoms with E-state index in [-0.39, 0.29) is 6.04 Å². The summed E-state index contributed by atoms with van der Waals surface area (Å²) >= 11 is 0. The Morgan fingerprint density at radius 1 is 1.07 bits per heavy atom. The molecular formula is C22H21F2N5. The van der Waals surface area contributed by atoms with Crippen molar-refractivity contribution in [2.45, 2.75) is 25.3 Å². The molecule has 2 aromatic carbocycles. The van der Waals surface area contributed by atoms with E-state index in [1.807, 2.05) is 35.0 Å². The molecule has 29 heavy (non-hydrogen) atoms. The van der Waals surface area contributed by atoms with Gasteiger partial charge in [0.1, 0.15) is 5.82 Å². The molecule has 0 amide bonds. The van der Waals surface area contributed by atoms with Crippen molar-refractivity contribution in [3.8, 4) is 17.5 Å². The minimum Gasteiger partial charge on any atom is -0.384 e. The summed E-state index contributed by atoms with van der Waals surface area (Å²) in [5.74, 6) is -1.10. The van der Waals surface area contributed by atoms with Crippen molar-refractivity contribution in [1.29, 1.82) is 5.26 Å². The molecule has 5 nitrogen and oxygen atoms in total. The molecule has 1 aliphatic heterocycles. The maximum absolute atomic E-state index is 13.4. The summed E-state index contributed by atoms with van der Waals surface area (Å²) in [6, 6.07) is 13.7. The molecule has 0 radical (unpaired) electrons. The number of nitrogens with zero attached hydrogens (tertiary/aromatic N) is 4. The van der Waals surface area contributed by atoms with Crippen LogP contribution in [0.4, 0.5) is 14.6 Å². The second-order valence-corrected chi connectivity index (χ2v) is 7.36. The Morgan fingerprint density at radius 3 is 2.55 bits per heavy atom. The largest absolute Gasteiger partial charge is 0.384 e. The van der Waals surface area contributed by atoms with Crippen molar-refractivity contribution in [2.75, 3.05) is 18.8 Å². The molecule has 0 bridgehead atoms. The van der Waals surface area contributed by atoms with E-state index in [0.29, 0.717) is 24.3 Å². The Balaban J connectivity index is 1.50. The predicted molar refractivity (Wildman–Crippen MR) is 107 cm³/mol. The van der Waals surface area contributed by atoms with E-state index >= 15 is 0 Å². The van der Waals surface area contributed by atoms with E-state index in [0.717, 1.165) is 42.3 Å². The highest BCUT2D eigenvalue weighted by Crippen LogP contribution is 2.28. The summed E-state index contributed by atoms with van der Waals surface area (Å²) in [5.41, 5.74) is 9.59. The van der Waals surface area contributed by atoms with Gasteiger partial charge in [0.05, 0.1) is 18.3 Å². The van der Waals surface area contributed by atoms with Crippen molar-refractivity contribution < 1.29 is 8.78 Å². The van der Waals surface area contributed by atoms with Crippen LogP contribution in [0.3, 0.4) is 0 Å². The Kier molecular flexibility index (Phi) is 5.17. The molecular weight excluding hydrogens is 372 g/mol. The van der Waals surface area contributed by atoms with Gasteiger partial charge < -0.3 is 10.6 Å². The molecule has 0 saturated carbocycles. The van der Waals surface area contributed by atoms with Crippen LogP contribution >= 0.6 is 0 Å². The molecule has 0 aliphatic carbocycles. The summed E-state index contributed by atoms with van der Waals surface area (Å²) in [7, 11) is 0. The Labute approximate surface area is 168 Å². The third-order valence-corrected chi connectivity index (χ3v) is 5.29. The van der Waals surface area contributed by atoms with Crippen molar-refractivity contribution in [3.63, 3.8) is 0 Å². The highest BCUT2D eigenvalue weighted by molar-refractivity contribution is 5.62. The fourth-order valence-electron chi connectivity index (χ4n) is 3.77. The summed E-state index contributed by atoms with van der Waals surface area (Å²) in [6.07, 6.45) is 4.59. The number of aromatic nitrogens is 2. The zero-order valence-electron chi connectivity index (χ0n) is 15.9. The van der Waals surface area contributed by atoms with Gasteiger partial charge in [-0.2, -0.15) is 10.4 Å². The third-order valence-electron chi connectivity index (χ3n) is 5.29. The minimum absolute atomic E-state index is 0.0878. The van der Waals surface area contributed by atoms with Crippen LogP contribution in [0.25, 0.3) is 11.3 Å². The molecule has 1 aromatic heterocycles. The minimum atomic E-state index is -0.840. The molecule has 0 spiro atoms. The smallest absolute Gasteiger partial charge is 0.179 e. The van der Waals surface area contributed by atoms with E-state index in [1.54, 1.807) is 11.0 Å². The SMILES string of the molecule is N#CN1CCC[C@H](n2nc(-c3ccc(Cc4ccc(F)c(F)c4)cc3)cc2N)C1. The summed E-state index contributed by atoms with van der Waals surface area (Å²) in [6.45, 7) is 1.40.